The number of benzene rings is 2. The first-order valence-corrected chi connectivity index (χ1v) is 12.0. The summed E-state index contributed by atoms with van der Waals surface area (Å²) < 4.78 is 48.8. The Hall–Kier alpha value is -3.89. The molecule has 0 radical (unpaired) electrons. The molecule has 10 heteroatoms. The summed E-state index contributed by atoms with van der Waals surface area (Å²) in [5.74, 6) is -0.407. The first-order valence-electron chi connectivity index (χ1n) is 9.69. The molecule has 0 fully saturated rings. The van der Waals surface area contributed by atoms with Crippen LogP contribution in [0.5, 0.6) is 11.6 Å². The number of sulfonamides is 1. The maximum atomic E-state index is 14.2. The SMILES string of the molecule is O=S(=O)(c1ccc2cnccc2c1)N(c1nccs1)c1ccc(F)cc1Oc1ccccn1. The molecule has 0 atom stereocenters. The van der Waals surface area contributed by atoms with Gasteiger partial charge in [-0.3, -0.25) is 4.98 Å². The van der Waals surface area contributed by atoms with Crippen LogP contribution in [0.4, 0.5) is 15.2 Å². The molecule has 33 heavy (non-hydrogen) atoms. The topological polar surface area (TPSA) is 85.3 Å². The summed E-state index contributed by atoms with van der Waals surface area (Å²) in [6.45, 7) is 0. The third-order valence-corrected chi connectivity index (χ3v) is 7.31. The van der Waals surface area contributed by atoms with E-state index in [4.69, 9.17) is 4.74 Å². The van der Waals surface area contributed by atoms with Gasteiger partial charge in [-0.05, 0) is 41.8 Å². The highest BCUT2D eigenvalue weighted by atomic mass is 32.2. The summed E-state index contributed by atoms with van der Waals surface area (Å²) in [6.07, 6.45) is 6.27. The highest BCUT2D eigenvalue weighted by Crippen LogP contribution is 2.41. The molecule has 0 aliphatic rings. The summed E-state index contributed by atoms with van der Waals surface area (Å²) in [5, 5.41) is 3.36. The monoisotopic (exact) mass is 478 g/mol. The van der Waals surface area contributed by atoms with Crippen LogP contribution in [0.2, 0.25) is 0 Å². The van der Waals surface area contributed by atoms with Crippen LogP contribution in [0.25, 0.3) is 10.8 Å². The van der Waals surface area contributed by atoms with Crippen molar-refractivity contribution < 1.29 is 17.5 Å². The number of hydrogen-bond donors (Lipinski definition) is 0. The quantitative estimate of drug-likeness (QED) is 0.318. The maximum Gasteiger partial charge on any atom is 0.270 e. The second-order valence-electron chi connectivity index (χ2n) is 6.85. The summed E-state index contributed by atoms with van der Waals surface area (Å²) in [6, 6.07) is 15.1. The van der Waals surface area contributed by atoms with Crippen LogP contribution in [-0.2, 0) is 10.0 Å². The zero-order valence-electron chi connectivity index (χ0n) is 16.9. The van der Waals surface area contributed by atoms with Gasteiger partial charge in [-0.1, -0.05) is 12.1 Å². The zero-order chi connectivity index (χ0) is 22.8. The number of fused-ring (bicyclic) bond motifs is 1. The molecule has 0 aliphatic carbocycles. The van der Waals surface area contributed by atoms with E-state index >= 15 is 0 Å². The fourth-order valence-electron chi connectivity index (χ4n) is 3.24. The second kappa shape index (κ2) is 8.57. The molecule has 0 saturated heterocycles. The van der Waals surface area contributed by atoms with Crippen molar-refractivity contribution in [3.05, 3.63) is 96.6 Å². The van der Waals surface area contributed by atoms with E-state index in [-0.39, 0.29) is 27.3 Å². The largest absolute Gasteiger partial charge is 0.437 e. The number of nitrogens with zero attached hydrogens (tertiary/aromatic N) is 4. The van der Waals surface area contributed by atoms with Crippen molar-refractivity contribution in [2.24, 2.45) is 0 Å². The molecule has 7 nitrogen and oxygen atoms in total. The van der Waals surface area contributed by atoms with E-state index in [2.05, 4.69) is 15.0 Å². The molecule has 0 N–H and O–H groups in total. The predicted octanol–water partition coefficient (Wildman–Crippen LogP) is 5.54. The molecule has 5 rings (SSSR count). The number of aromatic nitrogens is 3. The van der Waals surface area contributed by atoms with Crippen LogP contribution in [0, 0.1) is 5.82 Å². The summed E-state index contributed by atoms with van der Waals surface area (Å²) in [7, 11) is -4.16. The first-order chi connectivity index (χ1) is 16.0. The van der Waals surface area contributed by atoms with Crippen LogP contribution >= 0.6 is 11.3 Å². The van der Waals surface area contributed by atoms with Crippen LogP contribution in [0.1, 0.15) is 0 Å². The Balaban J connectivity index is 1.68. The molecule has 0 saturated carbocycles. The van der Waals surface area contributed by atoms with Crippen LogP contribution in [0.15, 0.2) is 95.7 Å². The van der Waals surface area contributed by atoms with E-state index in [0.717, 1.165) is 27.1 Å². The van der Waals surface area contributed by atoms with E-state index in [1.165, 1.54) is 30.6 Å². The lowest BCUT2D eigenvalue weighted by molar-refractivity contribution is 0.459. The van der Waals surface area contributed by atoms with E-state index in [1.54, 1.807) is 54.2 Å². The number of halogens is 1. The van der Waals surface area contributed by atoms with Gasteiger partial charge in [0.1, 0.15) is 11.5 Å². The lowest BCUT2D eigenvalue weighted by atomic mass is 10.2. The summed E-state index contributed by atoms with van der Waals surface area (Å²) >= 11 is 1.13. The molecule has 2 aromatic carbocycles. The normalized spacial score (nSPS) is 11.4. The van der Waals surface area contributed by atoms with Crippen molar-refractivity contribution >= 4 is 43.0 Å². The average molecular weight is 479 g/mol. The minimum Gasteiger partial charge on any atom is -0.437 e. The number of hydrogen-bond acceptors (Lipinski definition) is 7. The Morgan fingerprint density at radius 1 is 0.909 bits per heavy atom. The number of rotatable bonds is 6. The highest BCUT2D eigenvalue weighted by molar-refractivity contribution is 7.93. The van der Waals surface area contributed by atoms with Crippen molar-refractivity contribution in [3.63, 3.8) is 0 Å². The fourth-order valence-corrected chi connectivity index (χ4v) is 5.61. The predicted molar refractivity (Wildman–Crippen MR) is 124 cm³/mol. The van der Waals surface area contributed by atoms with Gasteiger partial charge in [0.25, 0.3) is 10.0 Å². The molecular formula is C23H15FN4O3S2. The molecule has 3 heterocycles. The molecule has 0 aliphatic heterocycles. The van der Waals surface area contributed by atoms with Crippen LogP contribution < -0.4 is 9.04 Å². The van der Waals surface area contributed by atoms with E-state index in [9.17, 15) is 12.8 Å². The zero-order valence-corrected chi connectivity index (χ0v) is 18.5. The molecule has 0 bridgehead atoms. The molecule has 3 aromatic heterocycles. The summed E-state index contributed by atoms with van der Waals surface area (Å²) in [5.41, 5.74) is 0.104. The Morgan fingerprint density at radius 2 is 1.82 bits per heavy atom. The number of pyridine rings is 2. The standard InChI is InChI=1S/C23H15FN4O3S2/c24-18-5-7-20(21(14-18)31-22-3-1-2-9-26-22)28(23-27-11-12-32-23)33(29,30)19-6-4-17-15-25-10-8-16(17)13-19/h1-15H. The molecule has 164 valence electrons. The van der Waals surface area contributed by atoms with Crippen LogP contribution in [0.3, 0.4) is 0 Å². The van der Waals surface area contributed by atoms with Gasteiger partial charge in [0.2, 0.25) is 11.0 Å². The van der Waals surface area contributed by atoms with Gasteiger partial charge in [-0.15, -0.1) is 11.3 Å². The van der Waals surface area contributed by atoms with E-state index < -0.39 is 15.8 Å². The summed E-state index contributed by atoms with van der Waals surface area (Å²) in [4.78, 5) is 12.4. The third-order valence-electron chi connectivity index (χ3n) is 4.74. The number of thiazole rings is 1. The van der Waals surface area contributed by atoms with Crippen molar-refractivity contribution in [1.82, 2.24) is 15.0 Å². The van der Waals surface area contributed by atoms with Gasteiger partial charge in [-0.2, -0.15) is 0 Å². The molecule has 0 amide bonds. The minimum atomic E-state index is -4.16. The Labute approximate surface area is 192 Å². The van der Waals surface area contributed by atoms with Gasteiger partial charge in [0.15, 0.2) is 5.75 Å². The molecule has 0 spiro atoms. The molecule has 5 aromatic rings. The third kappa shape index (κ3) is 4.13. The van der Waals surface area contributed by atoms with Gasteiger partial charge < -0.3 is 4.74 Å². The first kappa shape index (κ1) is 21.0. The van der Waals surface area contributed by atoms with E-state index in [1.807, 2.05) is 0 Å². The molecular weight excluding hydrogens is 463 g/mol. The second-order valence-corrected chi connectivity index (χ2v) is 9.51. The van der Waals surface area contributed by atoms with Gasteiger partial charge in [0.05, 0.1) is 4.90 Å². The minimum absolute atomic E-state index is 0.0162. The van der Waals surface area contributed by atoms with Crippen molar-refractivity contribution in [3.8, 4) is 11.6 Å². The van der Waals surface area contributed by atoms with Crippen LogP contribution in [-0.4, -0.2) is 23.4 Å². The Morgan fingerprint density at radius 3 is 2.61 bits per heavy atom. The highest BCUT2D eigenvalue weighted by Gasteiger charge is 2.31. The molecule has 0 unspecified atom stereocenters. The maximum absolute atomic E-state index is 14.2. The fraction of sp³-hybridized carbons (Fsp3) is 0. The smallest absolute Gasteiger partial charge is 0.270 e. The Bertz CT molecular complexity index is 1530. The average Bonchev–Trinajstić information content (AvgIpc) is 3.35. The van der Waals surface area contributed by atoms with Gasteiger partial charge >= 0.3 is 0 Å². The lowest BCUT2D eigenvalue weighted by Gasteiger charge is -2.24. The van der Waals surface area contributed by atoms with Crippen molar-refractivity contribution in [1.29, 1.82) is 0 Å². The number of ether oxygens (including phenoxy) is 1. The Kier molecular flexibility index (Phi) is 5.45. The van der Waals surface area contributed by atoms with Crippen molar-refractivity contribution in [2.45, 2.75) is 4.90 Å². The number of anilines is 2. The lowest BCUT2D eigenvalue weighted by Crippen LogP contribution is -2.26. The van der Waals surface area contributed by atoms with Gasteiger partial charge in [-0.25, -0.2) is 27.1 Å². The van der Waals surface area contributed by atoms with Gasteiger partial charge in [0, 0.05) is 47.7 Å². The van der Waals surface area contributed by atoms with Crippen molar-refractivity contribution in [2.75, 3.05) is 4.31 Å². The van der Waals surface area contributed by atoms with E-state index in [0.29, 0.717) is 5.39 Å².